The Morgan fingerprint density at radius 1 is 0.968 bits per heavy atom. The molecular weight excluding hydrogens is 425 g/mol. The Kier molecular flexibility index (Phi) is 7.10. The molecule has 2 aromatic carbocycles. The fraction of sp³-hybridized carbons (Fsp3) is 0.304. The monoisotopic (exact) mass is 448 g/mol. The molecule has 1 heterocycles. The molecule has 0 saturated carbocycles. The van der Waals surface area contributed by atoms with Gasteiger partial charge in [0.05, 0.1) is 18.4 Å². The van der Waals surface area contributed by atoms with Crippen molar-refractivity contribution in [2.45, 2.75) is 43.8 Å². The Bertz CT molecular complexity index is 1040. The quantitative estimate of drug-likeness (QED) is 0.287. The van der Waals surface area contributed by atoms with E-state index in [9.17, 15) is 13.2 Å². The molecule has 0 aliphatic carbocycles. The van der Waals surface area contributed by atoms with Crippen LogP contribution in [0.15, 0.2) is 53.7 Å². The van der Waals surface area contributed by atoms with Gasteiger partial charge >= 0.3 is 6.18 Å². The lowest BCUT2D eigenvalue weighted by Crippen LogP contribution is -2.04. The van der Waals surface area contributed by atoms with Gasteiger partial charge in [-0.1, -0.05) is 43.8 Å². The van der Waals surface area contributed by atoms with Crippen LogP contribution in [0, 0.1) is 6.92 Å². The summed E-state index contributed by atoms with van der Waals surface area (Å²) < 4.78 is 49.6. The summed E-state index contributed by atoms with van der Waals surface area (Å²) in [5.41, 5.74) is 1.94. The Hall–Kier alpha value is -2.74. The van der Waals surface area contributed by atoms with Gasteiger partial charge in [0.25, 0.3) is 0 Å². The summed E-state index contributed by atoms with van der Waals surface area (Å²) in [6.07, 6.45) is -4.34. The predicted molar refractivity (Wildman–Crippen MR) is 115 cm³/mol. The van der Waals surface area contributed by atoms with Crippen molar-refractivity contribution in [2.75, 3.05) is 7.11 Å². The van der Waals surface area contributed by atoms with E-state index in [4.69, 9.17) is 9.47 Å². The molecule has 0 bridgehead atoms. The number of halogens is 3. The van der Waals surface area contributed by atoms with E-state index in [1.807, 2.05) is 39.0 Å². The van der Waals surface area contributed by atoms with Crippen molar-refractivity contribution in [3.63, 3.8) is 0 Å². The number of alkyl halides is 3. The summed E-state index contributed by atoms with van der Waals surface area (Å²) in [6.45, 7) is 6.00. The van der Waals surface area contributed by atoms with Crippen molar-refractivity contribution < 1.29 is 22.6 Å². The fourth-order valence-corrected chi connectivity index (χ4v) is 3.56. The van der Waals surface area contributed by atoms with E-state index in [1.54, 1.807) is 13.2 Å². The third-order valence-corrected chi connectivity index (χ3v) is 5.39. The van der Waals surface area contributed by atoms with Crippen LogP contribution in [0.1, 0.15) is 42.1 Å². The van der Waals surface area contributed by atoms with Crippen molar-refractivity contribution in [3.05, 3.63) is 70.9 Å². The number of rotatable bonds is 7. The molecule has 0 radical (unpaired) electrons. The highest BCUT2D eigenvalue weighted by atomic mass is 32.2. The molecule has 1 aromatic heterocycles. The van der Waals surface area contributed by atoms with Gasteiger partial charge in [-0.3, -0.25) is 0 Å². The highest BCUT2D eigenvalue weighted by Crippen LogP contribution is 2.34. The normalized spacial score (nSPS) is 11.6. The molecule has 0 fully saturated rings. The minimum Gasteiger partial charge on any atom is -0.493 e. The lowest BCUT2D eigenvalue weighted by Gasteiger charge is -2.13. The molecule has 0 saturated heterocycles. The maximum absolute atomic E-state index is 12.7. The number of methoxy groups -OCH3 is 1. The summed E-state index contributed by atoms with van der Waals surface area (Å²) in [7, 11) is 1.58. The number of hydrogen-bond donors (Lipinski definition) is 0. The standard InChI is InChI=1S/C23H23F3N2O2S/c1-14(2)18-12-21(30-19-10-5-15(3)11-20(19)29-4)28-22(27-18)31-13-16-6-8-17(9-7-16)23(24,25)26/h5-12,14H,13H2,1-4H3. The van der Waals surface area contributed by atoms with Gasteiger partial charge in [-0.15, -0.1) is 0 Å². The van der Waals surface area contributed by atoms with Gasteiger partial charge in [0, 0.05) is 11.8 Å². The minimum atomic E-state index is -4.34. The summed E-state index contributed by atoms with van der Waals surface area (Å²) >= 11 is 1.34. The first-order chi connectivity index (χ1) is 14.7. The molecule has 3 aromatic rings. The van der Waals surface area contributed by atoms with Crippen LogP contribution in [0.3, 0.4) is 0 Å². The minimum absolute atomic E-state index is 0.149. The lowest BCUT2D eigenvalue weighted by atomic mass is 10.1. The van der Waals surface area contributed by atoms with Crippen molar-refractivity contribution in [3.8, 4) is 17.4 Å². The average Bonchev–Trinajstić information content (AvgIpc) is 2.73. The van der Waals surface area contributed by atoms with Crippen LogP contribution < -0.4 is 9.47 Å². The molecule has 0 spiro atoms. The Balaban J connectivity index is 1.80. The number of benzene rings is 2. The molecule has 31 heavy (non-hydrogen) atoms. The van der Waals surface area contributed by atoms with Crippen molar-refractivity contribution >= 4 is 11.8 Å². The topological polar surface area (TPSA) is 44.2 Å². The highest BCUT2D eigenvalue weighted by Gasteiger charge is 2.29. The first kappa shape index (κ1) is 22.9. The maximum Gasteiger partial charge on any atom is 0.416 e. The van der Waals surface area contributed by atoms with Gasteiger partial charge in [-0.25, -0.2) is 4.98 Å². The molecule has 3 rings (SSSR count). The number of hydrogen-bond acceptors (Lipinski definition) is 5. The first-order valence-corrected chi connectivity index (χ1v) is 10.6. The van der Waals surface area contributed by atoms with Crippen LogP contribution in [0.4, 0.5) is 13.2 Å². The van der Waals surface area contributed by atoms with Gasteiger partial charge < -0.3 is 9.47 Å². The Morgan fingerprint density at radius 3 is 2.29 bits per heavy atom. The van der Waals surface area contributed by atoms with Crippen LogP contribution in [-0.4, -0.2) is 17.1 Å². The maximum atomic E-state index is 12.7. The molecule has 0 atom stereocenters. The van der Waals surface area contributed by atoms with E-state index in [0.29, 0.717) is 28.3 Å². The van der Waals surface area contributed by atoms with Crippen LogP contribution in [0.25, 0.3) is 0 Å². The SMILES string of the molecule is COc1cc(C)ccc1Oc1cc(C(C)C)nc(SCc2ccc(C(F)(F)F)cc2)n1. The summed E-state index contributed by atoms with van der Waals surface area (Å²) in [5, 5.41) is 0.493. The summed E-state index contributed by atoms with van der Waals surface area (Å²) in [6, 6.07) is 12.5. The molecular formula is C23H23F3N2O2S. The molecule has 0 unspecified atom stereocenters. The van der Waals surface area contributed by atoms with Crippen LogP contribution >= 0.6 is 11.8 Å². The summed E-state index contributed by atoms with van der Waals surface area (Å²) in [5.74, 6) is 2.11. The zero-order chi connectivity index (χ0) is 22.6. The second-order valence-corrected chi connectivity index (χ2v) is 8.25. The molecule has 164 valence electrons. The second-order valence-electron chi connectivity index (χ2n) is 7.31. The van der Waals surface area contributed by atoms with Crippen LogP contribution in [-0.2, 0) is 11.9 Å². The van der Waals surface area contributed by atoms with E-state index in [2.05, 4.69) is 9.97 Å². The smallest absolute Gasteiger partial charge is 0.416 e. The molecule has 0 aliphatic rings. The number of ether oxygens (including phenoxy) is 2. The fourth-order valence-electron chi connectivity index (χ4n) is 2.74. The van der Waals surface area contributed by atoms with E-state index < -0.39 is 11.7 Å². The molecule has 0 N–H and O–H groups in total. The van der Waals surface area contributed by atoms with Gasteiger partial charge in [0.2, 0.25) is 5.88 Å². The Morgan fingerprint density at radius 2 is 1.68 bits per heavy atom. The third kappa shape index (κ3) is 6.13. The van der Waals surface area contributed by atoms with Crippen molar-refractivity contribution in [2.24, 2.45) is 0 Å². The van der Waals surface area contributed by atoms with Gasteiger partial charge in [0.15, 0.2) is 16.7 Å². The van der Waals surface area contributed by atoms with Crippen LogP contribution in [0.2, 0.25) is 0 Å². The van der Waals surface area contributed by atoms with Gasteiger partial charge in [-0.2, -0.15) is 18.2 Å². The predicted octanol–water partition coefficient (Wildman–Crippen LogP) is 7.02. The highest BCUT2D eigenvalue weighted by molar-refractivity contribution is 7.98. The van der Waals surface area contributed by atoms with E-state index in [1.165, 1.54) is 23.9 Å². The van der Waals surface area contributed by atoms with Crippen LogP contribution in [0.5, 0.6) is 17.4 Å². The lowest BCUT2D eigenvalue weighted by molar-refractivity contribution is -0.137. The molecule has 0 amide bonds. The zero-order valence-corrected chi connectivity index (χ0v) is 18.5. The number of aromatic nitrogens is 2. The second kappa shape index (κ2) is 9.60. The molecule has 4 nitrogen and oxygen atoms in total. The first-order valence-electron chi connectivity index (χ1n) is 9.66. The molecule has 0 aliphatic heterocycles. The summed E-state index contributed by atoms with van der Waals surface area (Å²) in [4.78, 5) is 9.04. The van der Waals surface area contributed by atoms with E-state index >= 15 is 0 Å². The largest absolute Gasteiger partial charge is 0.493 e. The van der Waals surface area contributed by atoms with Crippen molar-refractivity contribution in [1.29, 1.82) is 0 Å². The average molecular weight is 449 g/mol. The number of nitrogens with zero attached hydrogens (tertiary/aromatic N) is 2. The van der Waals surface area contributed by atoms with E-state index in [0.717, 1.165) is 29.0 Å². The third-order valence-electron chi connectivity index (χ3n) is 4.48. The van der Waals surface area contributed by atoms with Gasteiger partial charge in [-0.05, 0) is 48.2 Å². The zero-order valence-electron chi connectivity index (χ0n) is 17.7. The van der Waals surface area contributed by atoms with E-state index in [-0.39, 0.29) is 5.92 Å². The van der Waals surface area contributed by atoms with Gasteiger partial charge in [0.1, 0.15) is 0 Å². The number of thioether (sulfide) groups is 1. The number of aryl methyl sites for hydroxylation is 1. The van der Waals surface area contributed by atoms with Crippen molar-refractivity contribution in [1.82, 2.24) is 9.97 Å². The molecule has 8 heteroatoms. The Labute approximate surface area is 183 Å².